The minimum atomic E-state index is -0.842. The molecule has 2 aromatic rings. The Morgan fingerprint density at radius 3 is 3.00 bits per heavy atom. The lowest BCUT2D eigenvalue weighted by Crippen LogP contribution is -2.43. The van der Waals surface area contributed by atoms with E-state index in [-0.39, 0.29) is 32.6 Å². The summed E-state index contributed by atoms with van der Waals surface area (Å²) in [5.74, 6) is 0.442. The molecule has 4 aliphatic rings. The molecule has 5 heterocycles. The van der Waals surface area contributed by atoms with Crippen molar-refractivity contribution in [3.8, 4) is 11.8 Å². The molecule has 0 bridgehead atoms. The smallest absolute Gasteiger partial charge is 0.319 e. The van der Waals surface area contributed by atoms with Crippen LogP contribution in [0.4, 0.5) is 14.6 Å². The van der Waals surface area contributed by atoms with E-state index < -0.39 is 12.0 Å². The van der Waals surface area contributed by atoms with Gasteiger partial charge in [0.15, 0.2) is 11.6 Å². The van der Waals surface area contributed by atoms with Crippen molar-refractivity contribution in [1.29, 1.82) is 0 Å². The van der Waals surface area contributed by atoms with Crippen LogP contribution in [0, 0.1) is 5.82 Å². The molecule has 3 atom stereocenters. The van der Waals surface area contributed by atoms with Crippen molar-refractivity contribution in [2.45, 2.75) is 56.3 Å². The van der Waals surface area contributed by atoms with Crippen LogP contribution in [0.15, 0.2) is 4.47 Å². The van der Waals surface area contributed by atoms with E-state index in [0.717, 1.165) is 45.2 Å². The summed E-state index contributed by atoms with van der Waals surface area (Å²) in [5, 5.41) is 0.673. The van der Waals surface area contributed by atoms with E-state index in [4.69, 9.17) is 26.1 Å². The van der Waals surface area contributed by atoms with Crippen molar-refractivity contribution in [3.63, 3.8) is 0 Å². The van der Waals surface area contributed by atoms with Gasteiger partial charge in [0.25, 0.3) is 0 Å². The zero-order valence-electron chi connectivity index (χ0n) is 17.6. The predicted molar refractivity (Wildman–Crippen MR) is 121 cm³/mol. The van der Waals surface area contributed by atoms with Crippen molar-refractivity contribution >= 4 is 44.3 Å². The standard InChI is InChI=1S/C22H24BrClF2N4O2/c23-15-16(24)19-14-18(17(15)26)27-21(28-20(14)30-7-1-3-13(30)4-8-31-19)32-11-22-5-2-6-29(22)10-12(25)9-22/h12-13H,1-11H2/t12-,13-,22+/m1/s1. The fourth-order valence-corrected chi connectivity index (χ4v) is 6.57. The Bertz CT molecular complexity index is 1090. The Morgan fingerprint density at radius 2 is 2.12 bits per heavy atom. The summed E-state index contributed by atoms with van der Waals surface area (Å²) in [4.78, 5) is 13.6. The normalized spacial score (nSPS) is 29.6. The van der Waals surface area contributed by atoms with Gasteiger partial charge in [0, 0.05) is 32.0 Å². The lowest BCUT2D eigenvalue weighted by molar-refractivity contribution is 0.107. The minimum Gasteiger partial charge on any atom is -0.491 e. The average molecular weight is 530 g/mol. The highest BCUT2D eigenvalue weighted by atomic mass is 79.9. The Kier molecular flexibility index (Phi) is 5.15. The van der Waals surface area contributed by atoms with Gasteiger partial charge >= 0.3 is 6.01 Å². The van der Waals surface area contributed by atoms with Crippen LogP contribution in [-0.4, -0.2) is 65.5 Å². The number of rotatable bonds is 3. The minimum absolute atomic E-state index is 0.112. The number of anilines is 1. The van der Waals surface area contributed by atoms with E-state index in [0.29, 0.717) is 43.1 Å². The summed E-state index contributed by atoms with van der Waals surface area (Å²) < 4.78 is 41.7. The summed E-state index contributed by atoms with van der Waals surface area (Å²) in [6.07, 6.45) is 4.42. The number of fused-ring (bicyclic) bond motifs is 3. The summed E-state index contributed by atoms with van der Waals surface area (Å²) in [6, 6.07) is 0.381. The largest absolute Gasteiger partial charge is 0.491 e. The third-order valence-electron chi connectivity index (χ3n) is 7.47. The van der Waals surface area contributed by atoms with Crippen molar-refractivity contribution in [2.75, 3.05) is 37.7 Å². The lowest BCUT2D eigenvalue weighted by atomic mass is 9.95. The number of hydrogen-bond donors (Lipinski definition) is 0. The first-order valence-corrected chi connectivity index (χ1v) is 12.4. The zero-order chi connectivity index (χ0) is 22.0. The maximum absolute atomic E-state index is 15.3. The van der Waals surface area contributed by atoms with Crippen molar-refractivity contribution in [1.82, 2.24) is 14.9 Å². The van der Waals surface area contributed by atoms with Crippen molar-refractivity contribution in [2.24, 2.45) is 0 Å². The molecule has 3 fully saturated rings. The van der Waals surface area contributed by atoms with E-state index in [1.807, 2.05) is 0 Å². The van der Waals surface area contributed by atoms with Gasteiger partial charge in [0.05, 0.1) is 22.0 Å². The number of hydrogen-bond acceptors (Lipinski definition) is 6. The van der Waals surface area contributed by atoms with Crippen molar-refractivity contribution < 1.29 is 18.3 Å². The maximum atomic E-state index is 15.3. The number of aromatic nitrogens is 2. The van der Waals surface area contributed by atoms with Gasteiger partial charge in [0.1, 0.15) is 29.1 Å². The van der Waals surface area contributed by atoms with Crippen LogP contribution < -0.4 is 14.4 Å². The number of nitrogens with zero attached hydrogens (tertiary/aromatic N) is 4. The van der Waals surface area contributed by atoms with Crippen LogP contribution in [-0.2, 0) is 0 Å². The zero-order valence-corrected chi connectivity index (χ0v) is 19.9. The second-order valence-corrected chi connectivity index (χ2v) is 10.5. The molecule has 0 saturated carbocycles. The molecule has 4 aliphatic heterocycles. The van der Waals surface area contributed by atoms with Crippen LogP contribution >= 0.6 is 27.5 Å². The van der Waals surface area contributed by atoms with Gasteiger partial charge in [-0.05, 0) is 48.2 Å². The molecular weight excluding hydrogens is 506 g/mol. The second-order valence-electron chi connectivity index (χ2n) is 9.32. The molecule has 6 rings (SSSR count). The lowest BCUT2D eigenvalue weighted by Gasteiger charge is -2.32. The van der Waals surface area contributed by atoms with Crippen LogP contribution in [0.1, 0.15) is 38.5 Å². The first-order valence-electron chi connectivity index (χ1n) is 11.3. The van der Waals surface area contributed by atoms with Gasteiger partial charge in [-0.1, -0.05) is 11.6 Å². The highest BCUT2D eigenvalue weighted by Gasteiger charge is 2.49. The summed E-state index contributed by atoms with van der Waals surface area (Å²) in [6.45, 7) is 2.94. The summed E-state index contributed by atoms with van der Waals surface area (Å²) >= 11 is 9.71. The molecular formula is C22H24BrClF2N4O2. The SMILES string of the molecule is Fc1c(Br)c(Cl)c2c3c(nc(OC[C@@]45CCCN4C[C@H](F)C5)nc13)N1CCC[C@@H]1CCO2. The van der Waals surface area contributed by atoms with Crippen LogP contribution in [0.3, 0.4) is 0 Å². The Balaban J connectivity index is 1.45. The monoisotopic (exact) mass is 528 g/mol. The summed E-state index contributed by atoms with van der Waals surface area (Å²) in [7, 11) is 0. The summed E-state index contributed by atoms with van der Waals surface area (Å²) in [5.41, 5.74) is -0.202. The highest BCUT2D eigenvalue weighted by molar-refractivity contribution is 9.10. The topological polar surface area (TPSA) is 50.7 Å². The Labute approximate surface area is 198 Å². The first kappa shape index (κ1) is 21.1. The Morgan fingerprint density at radius 1 is 1.25 bits per heavy atom. The van der Waals surface area contributed by atoms with Crippen LogP contribution in [0.25, 0.3) is 10.9 Å². The second kappa shape index (κ2) is 7.81. The highest BCUT2D eigenvalue weighted by Crippen LogP contribution is 2.47. The molecule has 32 heavy (non-hydrogen) atoms. The van der Waals surface area contributed by atoms with E-state index in [1.165, 1.54) is 0 Å². The van der Waals surface area contributed by atoms with E-state index in [2.05, 4.69) is 30.7 Å². The van der Waals surface area contributed by atoms with E-state index in [1.54, 1.807) is 0 Å². The van der Waals surface area contributed by atoms with Gasteiger partial charge in [-0.3, -0.25) is 4.90 Å². The molecule has 0 unspecified atom stereocenters. The molecule has 0 spiro atoms. The van der Waals surface area contributed by atoms with Crippen LogP contribution in [0.5, 0.6) is 11.8 Å². The average Bonchev–Trinajstić information content (AvgIpc) is 3.45. The quantitative estimate of drug-likeness (QED) is 0.528. The number of alkyl halides is 1. The molecule has 172 valence electrons. The van der Waals surface area contributed by atoms with Gasteiger partial charge in [-0.25, -0.2) is 8.78 Å². The predicted octanol–water partition coefficient (Wildman–Crippen LogP) is 4.89. The van der Waals surface area contributed by atoms with E-state index >= 15 is 4.39 Å². The Hall–Kier alpha value is -1.45. The number of benzene rings is 1. The maximum Gasteiger partial charge on any atom is 0.319 e. The molecule has 0 aliphatic carbocycles. The first-order chi connectivity index (χ1) is 15.5. The number of ether oxygens (including phenoxy) is 2. The molecule has 3 saturated heterocycles. The molecule has 10 heteroatoms. The number of halogens is 4. The third kappa shape index (κ3) is 3.18. The third-order valence-corrected chi connectivity index (χ3v) is 8.80. The molecule has 1 aromatic carbocycles. The van der Waals surface area contributed by atoms with Gasteiger partial charge in [-0.2, -0.15) is 9.97 Å². The van der Waals surface area contributed by atoms with Gasteiger partial charge in [-0.15, -0.1) is 0 Å². The molecule has 1 aromatic heterocycles. The molecule has 0 radical (unpaired) electrons. The van der Waals surface area contributed by atoms with E-state index in [9.17, 15) is 4.39 Å². The molecule has 0 amide bonds. The fraction of sp³-hybridized carbons (Fsp3) is 0.636. The van der Waals surface area contributed by atoms with Gasteiger partial charge < -0.3 is 14.4 Å². The molecule has 6 nitrogen and oxygen atoms in total. The van der Waals surface area contributed by atoms with Crippen molar-refractivity contribution in [3.05, 3.63) is 15.3 Å². The fourth-order valence-electron chi connectivity index (χ4n) is 5.97. The van der Waals surface area contributed by atoms with Gasteiger partial charge in [0.2, 0.25) is 0 Å². The van der Waals surface area contributed by atoms with Crippen LogP contribution in [0.2, 0.25) is 5.02 Å². The molecule has 0 N–H and O–H groups in total.